The number of aliphatic hydroxyl groups is 1. The number of hydrogen-bond donors (Lipinski definition) is 2. The van der Waals surface area contributed by atoms with Gasteiger partial charge in [0.2, 0.25) is 0 Å². The van der Waals surface area contributed by atoms with Crippen LogP contribution in [0, 0.1) is 11.3 Å². The van der Waals surface area contributed by atoms with Crippen molar-refractivity contribution < 1.29 is 5.11 Å². The molecule has 2 fully saturated rings. The third-order valence-corrected chi connectivity index (χ3v) is 4.84. The summed E-state index contributed by atoms with van der Waals surface area (Å²) in [5.74, 6) is 0.797. The van der Waals surface area contributed by atoms with Gasteiger partial charge in [-0.3, -0.25) is 0 Å². The molecule has 2 nitrogen and oxygen atoms in total. The molecule has 0 spiro atoms. The Hall–Kier alpha value is -0.0800. The quantitative estimate of drug-likeness (QED) is 0.776. The summed E-state index contributed by atoms with van der Waals surface area (Å²) in [4.78, 5) is 0. The van der Waals surface area contributed by atoms with E-state index < -0.39 is 0 Å². The monoisotopic (exact) mass is 239 g/mol. The average molecular weight is 239 g/mol. The Morgan fingerprint density at radius 2 is 1.71 bits per heavy atom. The highest BCUT2D eigenvalue weighted by Gasteiger charge is 2.33. The van der Waals surface area contributed by atoms with Crippen LogP contribution in [0.25, 0.3) is 0 Å². The molecular weight excluding hydrogens is 210 g/mol. The van der Waals surface area contributed by atoms with Crippen LogP contribution in [0.15, 0.2) is 0 Å². The SMILES string of the molecule is CC1CC(C)(C)CCC1NC1CCC(O)CC1. The van der Waals surface area contributed by atoms with Gasteiger partial charge in [0, 0.05) is 12.1 Å². The molecule has 2 atom stereocenters. The molecule has 17 heavy (non-hydrogen) atoms. The molecule has 2 rings (SSSR count). The lowest BCUT2D eigenvalue weighted by molar-refractivity contribution is 0.0972. The first-order valence-electron chi connectivity index (χ1n) is 7.40. The van der Waals surface area contributed by atoms with Crippen LogP contribution in [0.5, 0.6) is 0 Å². The van der Waals surface area contributed by atoms with Crippen molar-refractivity contribution in [2.75, 3.05) is 0 Å². The van der Waals surface area contributed by atoms with Gasteiger partial charge in [0.15, 0.2) is 0 Å². The summed E-state index contributed by atoms with van der Waals surface area (Å²) in [6, 6.07) is 1.37. The van der Waals surface area contributed by atoms with E-state index in [2.05, 4.69) is 26.1 Å². The van der Waals surface area contributed by atoms with Crippen molar-refractivity contribution in [1.29, 1.82) is 0 Å². The van der Waals surface area contributed by atoms with E-state index in [0.29, 0.717) is 17.5 Å². The lowest BCUT2D eigenvalue weighted by atomic mass is 9.70. The van der Waals surface area contributed by atoms with Gasteiger partial charge in [-0.15, -0.1) is 0 Å². The van der Waals surface area contributed by atoms with Crippen LogP contribution in [0.1, 0.15) is 65.7 Å². The Bertz CT molecular complexity index is 243. The molecule has 2 heteroatoms. The smallest absolute Gasteiger partial charge is 0.0541 e. The zero-order valence-corrected chi connectivity index (χ0v) is 11.7. The van der Waals surface area contributed by atoms with Crippen molar-refractivity contribution in [3.8, 4) is 0 Å². The highest BCUT2D eigenvalue weighted by atomic mass is 16.3. The van der Waals surface area contributed by atoms with E-state index in [4.69, 9.17) is 0 Å². The molecule has 0 radical (unpaired) electrons. The van der Waals surface area contributed by atoms with Crippen LogP contribution in [-0.2, 0) is 0 Å². The third-order valence-electron chi connectivity index (χ3n) is 4.84. The van der Waals surface area contributed by atoms with Gasteiger partial charge < -0.3 is 10.4 Å². The number of aliphatic hydroxyl groups excluding tert-OH is 1. The van der Waals surface area contributed by atoms with Crippen molar-refractivity contribution in [2.45, 2.75) is 83.9 Å². The number of hydrogen-bond acceptors (Lipinski definition) is 2. The van der Waals surface area contributed by atoms with E-state index in [1.807, 2.05) is 0 Å². The molecule has 0 heterocycles. The van der Waals surface area contributed by atoms with Gasteiger partial charge in [-0.2, -0.15) is 0 Å². The second kappa shape index (κ2) is 5.27. The Morgan fingerprint density at radius 3 is 2.29 bits per heavy atom. The van der Waals surface area contributed by atoms with Crippen LogP contribution in [0.3, 0.4) is 0 Å². The second-order valence-corrected chi connectivity index (χ2v) is 7.16. The summed E-state index contributed by atoms with van der Waals surface area (Å²) >= 11 is 0. The maximum absolute atomic E-state index is 9.53. The lowest BCUT2D eigenvalue weighted by Gasteiger charge is -2.42. The highest BCUT2D eigenvalue weighted by molar-refractivity contribution is 4.89. The van der Waals surface area contributed by atoms with E-state index >= 15 is 0 Å². The van der Waals surface area contributed by atoms with Crippen molar-refractivity contribution in [1.82, 2.24) is 5.32 Å². The summed E-state index contributed by atoms with van der Waals surface area (Å²) in [5, 5.41) is 13.4. The largest absolute Gasteiger partial charge is 0.393 e. The summed E-state index contributed by atoms with van der Waals surface area (Å²) in [6.45, 7) is 7.20. The molecule has 2 aliphatic carbocycles. The topological polar surface area (TPSA) is 32.3 Å². The van der Waals surface area contributed by atoms with Gasteiger partial charge in [-0.25, -0.2) is 0 Å². The molecule has 0 bridgehead atoms. The van der Waals surface area contributed by atoms with Crippen LogP contribution in [0.2, 0.25) is 0 Å². The number of rotatable bonds is 2. The Labute approximate surface area is 106 Å². The molecule has 0 aromatic heterocycles. The fourth-order valence-corrected chi connectivity index (χ4v) is 3.74. The molecular formula is C15H29NO. The van der Waals surface area contributed by atoms with E-state index in [0.717, 1.165) is 31.6 Å². The van der Waals surface area contributed by atoms with E-state index in [1.54, 1.807) is 0 Å². The maximum atomic E-state index is 9.53. The molecule has 2 N–H and O–H groups in total. The Morgan fingerprint density at radius 1 is 1.06 bits per heavy atom. The first kappa shape index (κ1) is 13.4. The molecule has 0 amide bonds. The van der Waals surface area contributed by atoms with Crippen molar-refractivity contribution in [2.24, 2.45) is 11.3 Å². The van der Waals surface area contributed by atoms with Crippen molar-refractivity contribution in [3.05, 3.63) is 0 Å². The minimum atomic E-state index is -0.0317. The second-order valence-electron chi connectivity index (χ2n) is 7.16. The molecule has 0 aromatic carbocycles. The maximum Gasteiger partial charge on any atom is 0.0541 e. The van der Waals surface area contributed by atoms with Gasteiger partial charge in [0.1, 0.15) is 0 Å². The summed E-state index contributed by atoms with van der Waals surface area (Å²) in [6.07, 6.45) is 8.30. The normalized spacial score (nSPS) is 42.4. The number of nitrogens with one attached hydrogen (secondary N) is 1. The van der Waals surface area contributed by atoms with E-state index in [1.165, 1.54) is 19.3 Å². The molecule has 2 saturated carbocycles. The van der Waals surface area contributed by atoms with Gasteiger partial charge in [0.05, 0.1) is 6.10 Å². The zero-order chi connectivity index (χ0) is 12.5. The molecule has 0 aliphatic heterocycles. The standard InChI is InChI=1S/C15H29NO/c1-11-10-15(2,3)9-8-14(11)16-12-4-6-13(17)7-5-12/h11-14,16-17H,4-10H2,1-3H3. The third kappa shape index (κ3) is 3.69. The first-order valence-corrected chi connectivity index (χ1v) is 7.40. The molecule has 0 aromatic rings. The van der Waals surface area contributed by atoms with Crippen LogP contribution in [-0.4, -0.2) is 23.3 Å². The molecule has 0 saturated heterocycles. The van der Waals surface area contributed by atoms with E-state index in [-0.39, 0.29) is 6.10 Å². The summed E-state index contributed by atoms with van der Waals surface area (Å²) < 4.78 is 0. The minimum Gasteiger partial charge on any atom is -0.393 e. The van der Waals surface area contributed by atoms with Crippen molar-refractivity contribution in [3.63, 3.8) is 0 Å². The molecule has 100 valence electrons. The fourth-order valence-electron chi connectivity index (χ4n) is 3.74. The Kier molecular flexibility index (Phi) is 4.14. The van der Waals surface area contributed by atoms with Gasteiger partial charge in [-0.1, -0.05) is 20.8 Å². The minimum absolute atomic E-state index is 0.0317. The predicted molar refractivity (Wildman–Crippen MR) is 72.0 cm³/mol. The lowest BCUT2D eigenvalue weighted by Crippen LogP contribution is -2.47. The highest BCUT2D eigenvalue weighted by Crippen LogP contribution is 2.39. The Balaban J connectivity index is 1.79. The first-order chi connectivity index (χ1) is 7.96. The van der Waals surface area contributed by atoms with Crippen LogP contribution in [0.4, 0.5) is 0 Å². The average Bonchev–Trinajstić information content (AvgIpc) is 2.24. The van der Waals surface area contributed by atoms with Crippen molar-refractivity contribution >= 4 is 0 Å². The summed E-state index contributed by atoms with van der Waals surface area (Å²) in [7, 11) is 0. The summed E-state index contributed by atoms with van der Waals surface area (Å²) in [5.41, 5.74) is 0.542. The fraction of sp³-hybridized carbons (Fsp3) is 1.00. The predicted octanol–water partition coefficient (Wildman–Crippen LogP) is 3.09. The molecule has 2 aliphatic rings. The van der Waals surface area contributed by atoms with Gasteiger partial charge in [-0.05, 0) is 56.3 Å². The zero-order valence-electron chi connectivity index (χ0n) is 11.7. The van der Waals surface area contributed by atoms with Gasteiger partial charge in [0.25, 0.3) is 0 Å². The van der Waals surface area contributed by atoms with Crippen LogP contribution >= 0.6 is 0 Å². The van der Waals surface area contributed by atoms with Crippen LogP contribution < -0.4 is 5.32 Å². The van der Waals surface area contributed by atoms with Gasteiger partial charge >= 0.3 is 0 Å². The molecule has 2 unspecified atom stereocenters. The van der Waals surface area contributed by atoms with E-state index in [9.17, 15) is 5.11 Å².